The summed E-state index contributed by atoms with van der Waals surface area (Å²) in [6.45, 7) is 0. The molecule has 0 saturated heterocycles. The number of aliphatic carboxylic acids is 1. The van der Waals surface area contributed by atoms with Crippen molar-refractivity contribution < 1.29 is 14.6 Å². The van der Waals surface area contributed by atoms with Crippen LogP contribution in [0.1, 0.15) is 5.56 Å². The van der Waals surface area contributed by atoms with Gasteiger partial charge in [-0.25, -0.2) is 0 Å². The van der Waals surface area contributed by atoms with Gasteiger partial charge in [0.1, 0.15) is 16.0 Å². The molecule has 34 heavy (non-hydrogen) atoms. The average molecular weight is 516 g/mol. The van der Waals surface area contributed by atoms with Crippen LogP contribution < -0.4 is 10.5 Å². The van der Waals surface area contributed by atoms with Crippen LogP contribution in [0.3, 0.4) is 0 Å². The van der Waals surface area contributed by atoms with E-state index in [1.54, 1.807) is 36.7 Å². The van der Waals surface area contributed by atoms with Gasteiger partial charge >= 0.3 is 5.97 Å². The number of hydrogen-bond acceptors (Lipinski definition) is 6. The van der Waals surface area contributed by atoms with Crippen LogP contribution in [0.15, 0.2) is 83.6 Å². The van der Waals surface area contributed by atoms with Crippen molar-refractivity contribution in [3.8, 4) is 34.0 Å². The smallest absolute Gasteiger partial charge is 0.307 e. The number of hydrogen-bond donors (Lipinski definition) is 2. The van der Waals surface area contributed by atoms with E-state index in [2.05, 4.69) is 31.0 Å². The van der Waals surface area contributed by atoms with Crippen molar-refractivity contribution in [2.75, 3.05) is 5.73 Å². The molecular formula is C25H18BrN5O3. The van der Waals surface area contributed by atoms with Gasteiger partial charge in [-0.1, -0.05) is 48.5 Å². The summed E-state index contributed by atoms with van der Waals surface area (Å²) in [5, 5.41) is 13.3. The molecule has 0 radical (unpaired) electrons. The fourth-order valence-corrected chi connectivity index (χ4v) is 3.88. The second-order valence-electron chi connectivity index (χ2n) is 7.52. The Kier molecular flexibility index (Phi) is 5.69. The zero-order valence-electron chi connectivity index (χ0n) is 17.7. The van der Waals surface area contributed by atoms with Crippen LogP contribution in [-0.4, -0.2) is 30.7 Å². The Hall–Kier alpha value is -4.24. The van der Waals surface area contributed by atoms with E-state index in [4.69, 9.17) is 15.6 Å². The summed E-state index contributed by atoms with van der Waals surface area (Å²) in [5.41, 5.74) is 11.0. The standard InChI is InChI=1S/C25H18BrN5O3/c26-22-23(27)31-24(30-25(22)34-18-9-6-15(7-10-18)12-21(32)33)19(14-29-31)17-8-11-20(28-13-17)16-4-2-1-3-5-16/h1-11,13-14H,12,27H2,(H,32,33). The molecule has 9 heteroatoms. The van der Waals surface area contributed by atoms with Crippen LogP contribution in [-0.2, 0) is 11.2 Å². The van der Waals surface area contributed by atoms with E-state index < -0.39 is 5.97 Å². The third-order valence-corrected chi connectivity index (χ3v) is 5.97. The van der Waals surface area contributed by atoms with Crippen molar-refractivity contribution >= 4 is 33.4 Å². The Balaban J connectivity index is 1.49. The predicted molar refractivity (Wildman–Crippen MR) is 132 cm³/mol. The molecule has 0 unspecified atom stereocenters. The molecule has 5 rings (SSSR count). The van der Waals surface area contributed by atoms with Crippen LogP contribution in [0.2, 0.25) is 0 Å². The molecule has 3 heterocycles. The molecule has 0 bridgehead atoms. The zero-order valence-corrected chi connectivity index (χ0v) is 19.3. The maximum Gasteiger partial charge on any atom is 0.307 e. The fourth-order valence-electron chi connectivity index (χ4n) is 3.54. The van der Waals surface area contributed by atoms with Crippen LogP contribution >= 0.6 is 15.9 Å². The Labute approximate surface area is 202 Å². The molecule has 3 N–H and O–H groups in total. The molecule has 3 aromatic heterocycles. The molecular weight excluding hydrogens is 498 g/mol. The molecule has 0 fully saturated rings. The first-order valence-corrected chi connectivity index (χ1v) is 11.1. The molecule has 168 valence electrons. The molecule has 0 aliphatic rings. The first-order valence-electron chi connectivity index (χ1n) is 10.3. The molecule has 8 nitrogen and oxygen atoms in total. The van der Waals surface area contributed by atoms with Crippen molar-refractivity contribution in [3.63, 3.8) is 0 Å². The van der Waals surface area contributed by atoms with E-state index in [-0.39, 0.29) is 12.3 Å². The minimum Gasteiger partial charge on any atom is -0.481 e. The van der Waals surface area contributed by atoms with Crippen LogP contribution in [0.4, 0.5) is 5.82 Å². The van der Waals surface area contributed by atoms with E-state index >= 15 is 0 Å². The van der Waals surface area contributed by atoms with E-state index in [0.29, 0.717) is 27.3 Å². The highest BCUT2D eigenvalue weighted by atomic mass is 79.9. The van der Waals surface area contributed by atoms with Gasteiger partial charge in [0, 0.05) is 22.9 Å². The summed E-state index contributed by atoms with van der Waals surface area (Å²) < 4.78 is 7.95. The Bertz CT molecular complexity index is 1480. The minimum absolute atomic E-state index is 0.0581. The largest absolute Gasteiger partial charge is 0.481 e. The highest BCUT2D eigenvalue weighted by molar-refractivity contribution is 9.10. The normalized spacial score (nSPS) is 11.0. The topological polar surface area (TPSA) is 116 Å². The van der Waals surface area contributed by atoms with Crippen LogP contribution in [0.5, 0.6) is 11.6 Å². The van der Waals surface area contributed by atoms with Gasteiger partial charge in [-0.05, 0) is 39.7 Å². The number of fused-ring (bicyclic) bond motifs is 1. The number of carboxylic acid groups (broad SMARTS) is 1. The fraction of sp³-hybridized carbons (Fsp3) is 0.0400. The summed E-state index contributed by atoms with van der Waals surface area (Å²) in [4.78, 5) is 20.1. The summed E-state index contributed by atoms with van der Waals surface area (Å²) in [7, 11) is 0. The zero-order chi connectivity index (χ0) is 23.7. The summed E-state index contributed by atoms with van der Waals surface area (Å²) in [6.07, 6.45) is 3.41. The van der Waals surface area contributed by atoms with Gasteiger partial charge < -0.3 is 15.6 Å². The van der Waals surface area contributed by atoms with E-state index in [1.807, 2.05) is 42.5 Å². The van der Waals surface area contributed by atoms with Gasteiger partial charge in [0.15, 0.2) is 5.65 Å². The number of halogens is 1. The first-order chi connectivity index (χ1) is 16.5. The summed E-state index contributed by atoms with van der Waals surface area (Å²) in [6, 6.07) is 20.6. The number of nitrogen functional groups attached to an aromatic ring is 1. The summed E-state index contributed by atoms with van der Waals surface area (Å²) >= 11 is 3.44. The number of pyridine rings is 1. The molecule has 0 spiro atoms. The molecule has 0 amide bonds. The van der Waals surface area contributed by atoms with Crippen LogP contribution in [0.25, 0.3) is 28.0 Å². The van der Waals surface area contributed by atoms with Crippen molar-refractivity contribution in [2.45, 2.75) is 6.42 Å². The van der Waals surface area contributed by atoms with Crippen molar-refractivity contribution in [3.05, 3.63) is 89.2 Å². The lowest BCUT2D eigenvalue weighted by Crippen LogP contribution is -2.04. The lowest BCUT2D eigenvalue weighted by atomic mass is 10.1. The Morgan fingerprint density at radius 3 is 2.44 bits per heavy atom. The second kappa shape index (κ2) is 8.95. The quantitative estimate of drug-likeness (QED) is 0.318. The monoisotopic (exact) mass is 515 g/mol. The number of ether oxygens (including phenoxy) is 1. The van der Waals surface area contributed by atoms with Gasteiger partial charge in [-0.2, -0.15) is 14.6 Å². The van der Waals surface area contributed by atoms with Crippen LogP contribution in [0, 0.1) is 0 Å². The number of aromatic nitrogens is 4. The van der Waals surface area contributed by atoms with Gasteiger partial charge in [-0.15, -0.1) is 0 Å². The summed E-state index contributed by atoms with van der Waals surface area (Å²) in [5.74, 6) is 0.214. The first kappa shape index (κ1) is 21.6. The Morgan fingerprint density at radius 2 is 1.76 bits per heavy atom. The van der Waals surface area contributed by atoms with E-state index in [9.17, 15) is 4.79 Å². The Morgan fingerprint density at radius 1 is 1.00 bits per heavy atom. The number of anilines is 1. The maximum absolute atomic E-state index is 10.9. The number of nitrogens with zero attached hydrogens (tertiary/aromatic N) is 4. The minimum atomic E-state index is -0.893. The van der Waals surface area contributed by atoms with Gasteiger partial charge in [0.05, 0.1) is 18.3 Å². The molecule has 0 aliphatic carbocycles. The molecule has 0 aliphatic heterocycles. The number of nitrogens with two attached hydrogens (primary N) is 1. The third kappa shape index (κ3) is 4.20. The van der Waals surface area contributed by atoms with Crippen molar-refractivity contribution in [1.82, 2.24) is 19.6 Å². The molecule has 5 aromatic rings. The molecule has 2 aromatic carbocycles. The second-order valence-corrected chi connectivity index (χ2v) is 8.32. The highest BCUT2D eigenvalue weighted by Gasteiger charge is 2.18. The third-order valence-electron chi connectivity index (χ3n) is 5.23. The SMILES string of the molecule is Nc1c(Br)c(Oc2ccc(CC(=O)O)cc2)nc2c(-c3ccc(-c4ccccc4)nc3)cnn12. The number of benzene rings is 2. The van der Waals surface area contributed by atoms with E-state index in [1.165, 1.54) is 4.52 Å². The van der Waals surface area contributed by atoms with Crippen molar-refractivity contribution in [1.29, 1.82) is 0 Å². The molecule has 0 saturated carbocycles. The predicted octanol–water partition coefficient (Wildman–Crippen LogP) is 5.22. The van der Waals surface area contributed by atoms with Gasteiger partial charge in [-0.3, -0.25) is 9.78 Å². The number of carbonyl (C=O) groups is 1. The van der Waals surface area contributed by atoms with Crippen molar-refractivity contribution in [2.24, 2.45) is 0 Å². The lowest BCUT2D eigenvalue weighted by Gasteiger charge is -2.11. The average Bonchev–Trinajstić information content (AvgIpc) is 3.28. The maximum atomic E-state index is 10.9. The van der Waals surface area contributed by atoms with E-state index in [0.717, 1.165) is 22.4 Å². The lowest BCUT2D eigenvalue weighted by molar-refractivity contribution is -0.136. The number of carboxylic acids is 1. The number of rotatable bonds is 6. The van der Waals surface area contributed by atoms with Gasteiger partial charge in [0.25, 0.3) is 0 Å². The highest BCUT2D eigenvalue weighted by Crippen LogP contribution is 2.36. The van der Waals surface area contributed by atoms with Gasteiger partial charge in [0.2, 0.25) is 5.88 Å². The molecule has 0 atom stereocenters.